The van der Waals surface area contributed by atoms with Crippen molar-refractivity contribution in [3.8, 4) is 0 Å². The lowest BCUT2D eigenvalue weighted by molar-refractivity contribution is -0.145. The maximum Gasteiger partial charge on any atom is 0.311 e. The molecular weight excluding hydrogens is 120 g/mol. The maximum atomic E-state index is 10.7. The van der Waals surface area contributed by atoms with Crippen LogP contribution in [0.3, 0.4) is 0 Å². The van der Waals surface area contributed by atoms with Crippen molar-refractivity contribution in [3.05, 3.63) is 0 Å². The molecule has 3 heteroatoms. The van der Waals surface area contributed by atoms with Crippen molar-refractivity contribution in [2.75, 3.05) is 13.7 Å². The van der Waals surface area contributed by atoms with E-state index in [9.17, 15) is 4.79 Å². The Hall–Kier alpha value is -0.570. The van der Waals surface area contributed by atoms with Crippen LogP contribution in [0.1, 0.15) is 6.92 Å². The van der Waals surface area contributed by atoms with Gasteiger partial charge in [0.1, 0.15) is 0 Å². The molecule has 1 saturated heterocycles. The van der Waals surface area contributed by atoms with Crippen LogP contribution in [0.15, 0.2) is 0 Å². The number of hydrogen-bond donors (Lipinski definition) is 0. The largest absolute Gasteiger partial charge is 0.469 e. The molecule has 1 heterocycles. The molecule has 0 N–H and O–H groups in total. The Morgan fingerprint density at radius 2 is 2.44 bits per heavy atom. The predicted octanol–water partition coefficient (Wildman–Crippen LogP) is 0.194. The molecule has 0 aromatic rings. The summed E-state index contributed by atoms with van der Waals surface area (Å²) in [5, 5.41) is 0. The van der Waals surface area contributed by atoms with Crippen LogP contribution in [0.2, 0.25) is 0 Å². The lowest BCUT2D eigenvalue weighted by Gasteiger charge is -2.02. The lowest BCUT2D eigenvalue weighted by Crippen LogP contribution is -2.17. The zero-order valence-corrected chi connectivity index (χ0v) is 5.59. The maximum absolute atomic E-state index is 10.7. The van der Waals surface area contributed by atoms with Gasteiger partial charge >= 0.3 is 5.97 Å². The summed E-state index contributed by atoms with van der Waals surface area (Å²) in [5.41, 5.74) is 0. The number of methoxy groups -OCH3 is 1. The summed E-state index contributed by atoms with van der Waals surface area (Å²) >= 11 is 0. The van der Waals surface area contributed by atoms with Crippen molar-refractivity contribution in [2.45, 2.75) is 13.0 Å². The van der Waals surface area contributed by atoms with Gasteiger partial charge in [0.2, 0.25) is 0 Å². The van der Waals surface area contributed by atoms with Crippen LogP contribution in [0.25, 0.3) is 0 Å². The molecule has 0 aromatic heterocycles. The van der Waals surface area contributed by atoms with Gasteiger partial charge in [0.05, 0.1) is 25.7 Å². The number of rotatable bonds is 2. The SMILES string of the molecule is COC(=O)[C@@H](C)[C@@H]1CO1. The van der Waals surface area contributed by atoms with Crippen molar-refractivity contribution in [1.29, 1.82) is 0 Å². The fraction of sp³-hybridized carbons (Fsp3) is 0.833. The smallest absolute Gasteiger partial charge is 0.311 e. The second-order valence-electron chi connectivity index (χ2n) is 2.18. The molecule has 1 aliphatic rings. The Bertz CT molecular complexity index is 117. The van der Waals surface area contributed by atoms with Crippen molar-refractivity contribution in [3.63, 3.8) is 0 Å². The van der Waals surface area contributed by atoms with Crippen LogP contribution >= 0.6 is 0 Å². The third-order valence-corrected chi connectivity index (χ3v) is 1.49. The van der Waals surface area contributed by atoms with Gasteiger partial charge in [-0.15, -0.1) is 0 Å². The number of carbonyl (C=O) groups is 1. The van der Waals surface area contributed by atoms with Gasteiger partial charge in [-0.05, 0) is 6.92 Å². The second kappa shape index (κ2) is 2.35. The zero-order valence-electron chi connectivity index (χ0n) is 5.59. The molecule has 0 amide bonds. The van der Waals surface area contributed by atoms with Crippen LogP contribution in [-0.2, 0) is 14.3 Å². The Balaban J connectivity index is 2.30. The van der Waals surface area contributed by atoms with Gasteiger partial charge in [0, 0.05) is 0 Å². The molecular formula is C6H10O3. The van der Waals surface area contributed by atoms with Crippen LogP contribution in [0.4, 0.5) is 0 Å². The monoisotopic (exact) mass is 130 g/mol. The van der Waals surface area contributed by atoms with Crippen LogP contribution < -0.4 is 0 Å². The molecule has 9 heavy (non-hydrogen) atoms. The average Bonchev–Trinajstić information content (AvgIpc) is 2.66. The fourth-order valence-electron chi connectivity index (χ4n) is 0.682. The van der Waals surface area contributed by atoms with Gasteiger partial charge in [-0.25, -0.2) is 0 Å². The topological polar surface area (TPSA) is 38.8 Å². The van der Waals surface area contributed by atoms with Gasteiger partial charge in [-0.2, -0.15) is 0 Å². The lowest BCUT2D eigenvalue weighted by atomic mass is 10.1. The Kier molecular flexibility index (Phi) is 1.71. The summed E-state index contributed by atoms with van der Waals surface area (Å²) in [6.07, 6.45) is 0.123. The van der Waals surface area contributed by atoms with E-state index < -0.39 is 0 Å². The molecule has 0 spiro atoms. The van der Waals surface area contributed by atoms with Gasteiger partial charge < -0.3 is 9.47 Å². The first-order chi connectivity index (χ1) is 4.25. The van der Waals surface area contributed by atoms with Crippen molar-refractivity contribution >= 4 is 5.97 Å². The average molecular weight is 130 g/mol. The molecule has 3 nitrogen and oxygen atoms in total. The molecule has 1 aliphatic heterocycles. The predicted molar refractivity (Wildman–Crippen MR) is 30.9 cm³/mol. The molecule has 0 radical (unpaired) electrons. The standard InChI is InChI=1S/C6H10O3/c1-4(5-3-9-5)6(7)8-2/h4-5H,3H2,1-2H3/t4-,5-/m0/s1. The number of esters is 1. The molecule has 2 atom stereocenters. The number of epoxide rings is 1. The summed E-state index contributed by atoms with van der Waals surface area (Å²) in [6, 6.07) is 0. The second-order valence-corrected chi connectivity index (χ2v) is 2.18. The summed E-state index contributed by atoms with van der Waals surface area (Å²) in [5.74, 6) is -0.271. The van der Waals surface area contributed by atoms with Crippen LogP contribution in [-0.4, -0.2) is 25.8 Å². The summed E-state index contributed by atoms with van der Waals surface area (Å²) in [7, 11) is 1.39. The van der Waals surface area contributed by atoms with Crippen molar-refractivity contribution in [1.82, 2.24) is 0 Å². The number of hydrogen-bond acceptors (Lipinski definition) is 3. The van der Waals surface area contributed by atoms with E-state index in [1.54, 1.807) is 0 Å². The van der Waals surface area contributed by atoms with Crippen molar-refractivity contribution in [2.24, 2.45) is 5.92 Å². The molecule has 0 bridgehead atoms. The van der Waals surface area contributed by atoms with Crippen LogP contribution in [0.5, 0.6) is 0 Å². The zero-order chi connectivity index (χ0) is 6.85. The van der Waals surface area contributed by atoms with E-state index in [4.69, 9.17) is 4.74 Å². The minimum absolute atomic E-state index is 0.0880. The first kappa shape index (κ1) is 6.55. The molecule has 0 aromatic carbocycles. The van der Waals surface area contributed by atoms with Gasteiger partial charge in [0.25, 0.3) is 0 Å². The van der Waals surface area contributed by atoms with Gasteiger partial charge in [0.15, 0.2) is 0 Å². The number of carbonyl (C=O) groups excluding carboxylic acids is 1. The molecule has 1 rings (SSSR count). The highest BCUT2D eigenvalue weighted by molar-refractivity contribution is 5.72. The van der Waals surface area contributed by atoms with Crippen LogP contribution in [0, 0.1) is 5.92 Å². The van der Waals surface area contributed by atoms with E-state index in [1.165, 1.54) is 7.11 Å². The third kappa shape index (κ3) is 1.42. The summed E-state index contributed by atoms with van der Waals surface area (Å²) in [4.78, 5) is 10.7. The highest BCUT2D eigenvalue weighted by atomic mass is 16.6. The van der Waals surface area contributed by atoms with E-state index in [-0.39, 0.29) is 18.0 Å². The first-order valence-electron chi connectivity index (χ1n) is 2.95. The Morgan fingerprint density at radius 3 is 2.78 bits per heavy atom. The molecule has 0 saturated carbocycles. The normalized spacial score (nSPS) is 27.1. The van der Waals surface area contributed by atoms with E-state index in [2.05, 4.69) is 4.74 Å². The minimum Gasteiger partial charge on any atom is -0.469 e. The van der Waals surface area contributed by atoms with Gasteiger partial charge in [-0.1, -0.05) is 0 Å². The van der Waals surface area contributed by atoms with E-state index in [1.807, 2.05) is 6.92 Å². The first-order valence-corrected chi connectivity index (χ1v) is 2.95. The van der Waals surface area contributed by atoms with Gasteiger partial charge in [-0.3, -0.25) is 4.79 Å². The molecule has 0 unspecified atom stereocenters. The fourth-order valence-corrected chi connectivity index (χ4v) is 0.682. The van der Waals surface area contributed by atoms with E-state index >= 15 is 0 Å². The summed E-state index contributed by atoms with van der Waals surface area (Å²) < 4.78 is 9.39. The third-order valence-electron chi connectivity index (χ3n) is 1.49. The quantitative estimate of drug-likeness (QED) is 0.395. The summed E-state index contributed by atoms with van der Waals surface area (Å²) in [6.45, 7) is 2.51. The van der Waals surface area contributed by atoms with E-state index in [0.717, 1.165) is 0 Å². The molecule has 52 valence electrons. The highest BCUT2D eigenvalue weighted by Crippen LogP contribution is 2.20. The number of ether oxygens (including phenoxy) is 2. The molecule has 1 fully saturated rings. The Labute approximate surface area is 53.9 Å². The Morgan fingerprint density at radius 1 is 1.89 bits per heavy atom. The van der Waals surface area contributed by atoms with Crippen molar-refractivity contribution < 1.29 is 14.3 Å². The van der Waals surface area contributed by atoms with E-state index in [0.29, 0.717) is 6.61 Å². The minimum atomic E-state index is -0.183. The highest BCUT2D eigenvalue weighted by Gasteiger charge is 2.34. The molecule has 0 aliphatic carbocycles.